The first kappa shape index (κ1) is 16.6. The Bertz CT molecular complexity index is 282. The zero-order valence-corrected chi connectivity index (χ0v) is 14.7. The normalized spacial score (nSPS) is 15.7. The molecule has 0 aromatic heterocycles. The quantitative estimate of drug-likeness (QED) is 0.612. The molecule has 0 fully saturated rings. The molecule has 2 N–H and O–H groups in total. The van der Waals surface area contributed by atoms with Gasteiger partial charge in [0.1, 0.15) is 0 Å². The molecular weight excluding hydrogens is 255 g/mol. The molecule has 6 heteroatoms. The molecule has 0 aromatic carbocycles. The van der Waals surface area contributed by atoms with E-state index in [4.69, 9.17) is 0 Å². The van der Waals surface area contributed by atoms with E-state index in [9.17, 15) is 14.4 Å². The monoisotopic (exact) mass is 282 g/mol. The van der Waals surface area contributed by atoms with Crippen molar-refractivity contribution in [1.29, 1.82) is 0 Å². The molecule has 0 radical (unpaired) electrons. The highest BCUT2D eigenvalue weighted by Gasteiger charge is 2.54. The molecule has 0 saturated carbocycles. The standard InChI is InChI=1S/C10H27O3PSi2/c1-10(2,14(11,12)13)9(15(3,4)5)16(6,7)8/h9H,1-8H3,(H2,11,12,13). The molecule has 98 valence electrons. The summed E-state index contributed by atoms with van der Waals surface area (Å²) in [7, 11) is -7.24. The van der Waals surface area contributed by atoms with Gasteiger partial charge in [-0.2, -0.15) is 0 Å². The first-order chi connectivity index (χ1) is 6.62. The number of hydrogen-bond acceptors (Lipinski definition) is 1. The lowest BCUT2D eigenvalue weighted by atomic mass is 10.2. The lowest BCUT2D eigenvalue weighted by molar-refractivity contribution is 0.337. The highest BCUT2D eigenvalue weighted by Crippen LogP contribution is 2.60. The molecule has 0 bridgehead atoms. The van der Waals surface area contributed by atoms with E-state index in [0.717, 1.165) is 0 Å². The van der Waals surface area contributed by atoms with Gasteiger partial charge in [0.05, 0.1) is 5.16 Å². The van der Waals surface area contributed by atoms with E-state index in [2.05, 4.69) is 39.3 Å². The summed E-state index contributed by atoms with van der Waals surface area (Å²) in [5.41, 5.74) is 0. The molecule has 0 heterocycles. The molecule has 0 aliphatic rings. The summed E-state index contributed by atoms with van der Waals surface area (Å²) in [5, 5.41) is -0.685. The van der Waals surface area contributed by atoms with Crippen LogP contribution in [0.3, 0.4) is 0 Å². The molecular formula is C10H27O3PSi2. The van der Waals surface area contributed by atoms with Crippen LogP contribution in [0, 0.1) is 0 Å². The topological polar surface area (TPSA) is 57.5 Å². The van der Waals surface area contributed by atoms with Crippen molar-refractivity contribution in [3.05, 3.63) is 0 Å². The minimum atomic E-state index is -4.05. The summed E-state index contributed by atoms with van der Waals surface area (Å²) in [6.07, 6.45) is 0. The van der Waals surface area contributed by atoms with Gasteiger partial charge < -0.3 is 9.79 Å². The maximum absolute atomic E-state index is 11.7. The molecule has 0 rings (SSSR count). The van der Waals surface area contributed by atoms with Gasteiger partial charge in [-0.05, 0) is 19.0 Å². The van der Waals surface area contributed by atoms with Crippen LogP contribution in [0.2, 0.25) is 44.4 Å². The lowest BCUT2D eigenvalue weighted by Gasteiger charge is -2.48. The van der Waals surface area contributed by atoms with Gasteiger partial charge in [-0.25, -0.2) is 0 Å². The van der Waals surface area contributed by atoms with E-state index < -0.39 is 28.9 Å². The predicted octanol–water partition coefficient (Wildman–Crippen LogP) is 3.53. The second-order valence-corrected chi connectivity index (χ2v) is 20.8. The van der Waals surface area contributed by atoms with Crippen LogP contribution in [0.25, 0.3) is 0 Å². The molecule has 0 saturated heterocycles. The van der Waals surface area contributed by atoms with Crippen LogP contribution >= 0.6 is 7.60 Å². The molecule has 0 atom stereocenters. The Hall–Kier alpha value is 0.584. The van der Waals surface area contributed by atoms with Gasteiger partial charge in [0.2, 0.25) is 0 Å². The van der Waals surface area contributed by atoms with Gasteiger partial charge in [0.15, 0.2) is 0 Å². The maximum Gasteiger partial charge on any atom is 0.330 e. The summed E-state index contributed by atoms with van der Waals surface area (Å²) in [5.74, 6) is 0. The average molecular weight is 282 g/mol. The maximum atomic E-state index is 11.7. The third-order valence-electron chi connectivity index (χ3n) is 3.19. The van der Waals surface area contributed by atoms with Crippen LogP contribution < -0.4 is 0 Å². The number of rotatable bonds is 4. The Morgan fingerprint density at radius 2 is 1.19 bits per heavy atom. The van der Waals surface area contributed by atoms with Gasteiger partial charge in [-0.15, -0.1) is 0 Å². The molecule has 0 unspecified atom stereocenters. The van der Waals surface area contributed by atoms with Gasteiger partial charge in [-0.3, -0.25) is 4.57 Å². The van der Waals surface area contributed by atoms with Crippen LogP contribution in [0.15, 0.2) is 0 Å². The van der Waals surface area contributed by atoms with Crippen molar-refractivity contribution in [2.45, 2.75) is 63.5 Å². The Morgan fingerprint density at radius 1 is 0.938 bits per heavy atom. The summed E-state index contributed by atoms with van der Waals surface area (Å²) in [4.78, 5) is 19.2. The minimum absolute atomic E-state index is 0.202. The van der Waals surface area contributed by atoms with Crippen molar-refractivity contribution in [3.8, 4) is 0 Å². The molecule has 0 aliphatic carbocycles. The Balaban J connectivity index is 5.66. The molecule has 3 nitrogen and oxygen atoms in total. The highest BCUT2D eigenvalue weighted by molar-refractivity contribution is 7.54. The fourth-order valence-electron chi connectivity index (χ4n) is 3.59. The second kappa shape index (κ2) is 4.36. The van der Waals surface area contributed by atoms with E-state index in [1.54, 1.807) is 13.8 Å². The van der Waals surface area contributed by atoms with E-state index in [1.807, 2.05) is 0 Å². The van der Waals surface area contributed by atoms with Crippen molar-refractivity contribution in [2.24, 2.45) is 0 Å². The average Bonchev–Trinajstić information content (AvgIpc) is 1.72. The molecule has 0 aromatic rings. The molecule has 16 heavy (non-hydrogen) atoms. The molecule has 0 aliphatic heterocycles. The third kappa shape index (κ3) is 3.54. The van der Waals surface area contributed by atoms with E-state index in [-0.39, 0.29) is 5.16 Å². The Morgan fingerprint density at radius 3 is 1.25 bits per heavy atom. The summed E-state index contributed by atoms with van der Waals surface area (Å²) in [6, 6.07) is 0. The minimum Gasteiger partial charge on any atom is -0.324 e. The lowest BCUT2D eigenvalue weighted by Crippen LogP contribution is -2.53. The van der Waals surface area contributed by atoms with E-state index in [1.165, 1.54) is 0 Å². The van der Waals surface area contributed by atoms with Gasteiger partial charge in [0.25, 0.3) is 0 Å². The zero-order chi connectivity index (χ0) is 13.6. The first-order valence-corrected chi connectivity index (χ1v) is 14.4. The van der Waals surface area contributed by atoms with Crippen LogP contribution in [0.4, 0.5) is 0 Å². The largest absolute Gasteiger partial charge is 0.330 e. The Labute approximate surface area is 102 Å². The first-order valence-electron chi connectivity index (χ1n) is 5.67. The SMILES string of the molecule is CC(C)(C([Si](C)(C)C)[Si](C)(C)C)P(=O)(O)O. The van der Waals surface area contributed by atoms with Gasteiger partial charge in [-0.1, -0.05) is 39.3 Å². The second-order valence-electron chi connectivity index (χ2n) is 7.36. The van der Waals surface area contributed by atoms with Gasteiger partial charge >= 0.3 is 7.60 Å². The zero-order valence-electron chi connectivity index (χ0n) is 11.8. The predicted molar refractivity (Wildman–Crippen MR) is 76.6 cm³/mol. The summed E-state index contributed by atoms with van der Waals surface area (Å²) < 4.78 is 11.7. The summed E-state index contributed by atoms with van der Waals surface area (Å²) >= 11 is 0. The van der Waals surface area contributed by atoms with Gasteiger partial charge in [0, 0.05) is 16.1 Å². The van der Waals surface area contributed by atoms with E-state index >= 15 is 0 Å². The van der Waals surface area contributed by atoms with Crippen molar-refractivity contribution < 1.29 is 14.4 Å². The fourth-order valence-corrected chi connectivity index (χ4v) is 21.9. The Kier molecular flexibility index (Phi) is 4.52. The molecule has 0 amide bonds. The van der Waals surface area contributed by atoms with Crippen molar-refractivity contribution >= 4 is 23.7 Å². The molecule has 0 spiro atoms. The smallest absolute Gasteiger partial charge is 0.324 e. The number of hydrogen-bond donors (Lipinski definition) is 2. The highest BCUT2D eigenvalue weighted by atomic mass is 31.2. The van der Waals surface area contributed by atoms with Crippen LogP contribution in [0.5, 0.6) is 0 Å². The van der Waals surface area contributed by atoms with Crippen molar-refractivity contribution in [3.63, 3.8) is 0 Å². The third-order valence-corrected chi connectivity index (χ3v) is 15.5. The fraction of sp³-hybridized carbons (Fsp3) is 1.00. The summed E-state index contributed by atoms with van der Waals surface area (Å²) in [6.45, 7) is 16.8. The van der Waals surface area contributed by atoms with Crippen LogP contribution in [-0.4, -0.2) is 31.1 Å². The van der Waals surface area contributed by atoms with Crippen LogP contribution in [-0.2, 0) is 4.57 Å². The van der Waals surface area contributed by atoms with Crippen molar-refractivity contribution in [1.82, 2.24) is 0 Å². The van der Waals surface area contributed by atoms with E-state index in [0.29, 0.717) is 0 Å². The van der Waals surface area contributed by atoms with Crippen LogP contribution in [0.1, 0.15) is 13.8 Å². The van der Waals surface area contributed by atoms with Crippen molar-refractivity contribution in [2.75, 3.05) is 0 Å².